The monoisotopic (exact) mass is 680 g/mol. The Bertz CT molecular complexity index is 649. The van der Waals surface area contributed by atoms with E-state index in [-0.39, 0.29) is 11.9 Å². The number of unbranched alkanes of at least 4 members (excludes halogenated alkanes) is 22. The fourth-order valence-electron chi connectivity index (χ4n) is 5.70. The maximum absolute atomic E-state index is 12.4. The first kappa shape index (κ1) is 48.2. The molecule has 0 fully saturated rings. The first-order valence-electron chi connectivity index (χ1n) is 20.5. The van der Waals surface area contributed by atoms with E-state index in [0.717, 1.165) is 25.7 Å². The third-order valence-electron chi connectivity index (χ3n) is 8.86. The van der Waals surface area contributed by atoms with Crippen LogP contribution in [-0.4, -0.2) is 67.5 Å². The highest BCUT2D eigenvalue weighted by atomic mass is 16.5. The van der Waals surface area contributed by atoms with Crippen LogP contribution in [0.2, 0.25) is 0 Å². The molecule has 48 heavy (non-hydrogen) atoms. The Morgan fingerprint density at radius 3 is 1.12 bits per heavy atom. The molecule has 7 heteroatoms. The molecule has 0 aromatic heterocycles. The van der Waals surface area contributed by atoms with Gasteiger partial charge in [0.2, 0.25) is 0 Å². The standard InChI is InChI=1S/C39H75N3O4.C2H6/c1-4-7-9-11-13-15-17-19-21-23-25-27-35-45-38(43)29-31-42(34-33-41(6-3)37-40)32-30-39(44)46-36-28-26-24-22-20-18-16-14-12-10-8-5-2;1-2/h6,37,40H,3-5,7-36H2,1-2H3;1-2H3. The summed E-state index contributed by atoms with van der Waals surface area (Å²) in [5, 5.41) is 7.50. The second-order valence-electron chi connectivity index (χ2n) is 13.1. The van der Waals surface area contributed by atoms with Crippen molar-refractivity contribution in [2.45, 2.75) is 195 Å². The highest BCUT2D eigenvalue weighted by Crippen LogP contribution is 2.13. The van der Waals surface area contributed by atoms with Crippen LogP contribution in [0.15, 0.2) is 12.8 Å². The number of hydrogen-bond acceptors (Lipinski definition) is 6. The fraction of sp³-hybridized carbons (Fsp3) is 0.878. The predicted molar refractivity (Wildman–Crippen MR) is 207 cm³/mol. The molecule has 0 spiro atoms. The molecule has 0 heterocycles. The molecule has 0 radical (unpaired) electrons. The van der Waals surface area contributed by atoms with Gasteiger partial charge in [0.25, 0.3) is 0 Å². The van der Waals surface area contributed by atoms with Crippen LogP contribution in [0, 0.1) is 5.41 Å². The third-order valence-corrected chi connectivity index (χ3v) is 8.86. The highest BCUT2D eigenvalue weighted by molar-refractivity contribution is 5.70. The molecule has 284 valence electrons. The van der Waals surface area contributed by atoms with Gasteiger partial charge < -0.3 is 19.3 Å². The van der Waals surface area contributed by atoms with E-state index >= 15 is 0 Å². The largest absolute Gasteiger partial charge is 0.466 e. The molecule has 1 N–H and O–H groups in total. The number of ether oxygens (including phenoxy) is 2. The molecule has 0 saturated carbocycles. The molecule has 7 nitrogen and oxygen atoms in total. The van der Waals surface area contributed by atoms with Crippen molar-refractivity contribution in [3.63, 3.8) is 0 Å². The van der Waals surface area contributed by atoms with E-state index in [0.29, 0.717) is 52.2 Å². The summed E-state index contributed by atoms with van der Waals surface area (Å²) in [6.07, 6.45) is 34.2. The summed E-state index contributed by atoms with van der Waals surface area (Å²) in [4.78, 5) is 28.5. The molecule has 0 aliphatic rings. The Balaban J connectivity index is 0. The van der Waals surface area contributed by atoms with Gasteiger partial charge in [0, 0.05) is 26.2 Å². The molecule has 0 aliphatic heterocycles. The Morgan fingerprint density at radius 2 is 0.833 bits per heavy atom. The van der Waals surface area contributed by atoms with Crippen molar-refractivity contribution in [2.24, 2.45) is 0 Å². The summed E-state index contributed by atoms with van der Waals surface area (Å²) in [5.41, 5.74) is 0. The van der Waals surface area contributed by atoms with Crippen molar-refractivity contribution in [1.29, 1.82) is 5.41 Å². The van der Waals surface area contributed by atoms with Crippen LogP contribution in [0.4, 0.5) is 0 Å². The number of hydrogen-bond donors (Lipinski definition) is 1. The molecule has 0 amide bonds. The van der Waals surface area contributed by atoms with Crippen molar-refractivity contribution in [1.82, 2.24) is 9.80 Å². The van der Waals surface area contributed by atoms with Crippen LogP contribution >= 0.6 is 0 Å². The van der Waals surface area contributed by atoms with Gasteiger partial charge in [0.1, 0.15) is 0 Å². The number of rotatable bonds is 37. The summed E-state index contributed by atoms with van der Waals surface area (Å²) in [6, 6.07) is 0. The average Bonchev–Trinajstić information content (AvgIpc) is 3.10. The van der Waals surface area contributed by atoms with Crippen LogP contribution in [-0.2, 0) is 19.1 Å². The number of carbonyl (C=O) groups excluding carboxylic acids is 2. The maximum Gasteiger partial charge on any atom is 0.307 e. The zero-order valence-corrected chi connectivity index (χ0v) is 32.5. The van der Waals surface area contributed by atoms with Crippen molar-refractivity contribution in [2.75, 3.05) is 39.4 Å². The number of nitrogens with zero attached hydrogens (tertiary/aromatic N) is 2. The van der Waals surface area contributed by atoms with Gasteiger partial charge in [-0.05, 0) is 19.0 Å². The van der Waals surface area contributed by atoms with E-state index in [1.54, 1.807) is 11.1 Å². The van der Waals surface area contributed by atoms with E-state index in [1.165, 1.54) is 135 Å². The van der Waals surface area contributed by atoms with Gasteiger partial charge in [-0.25, -0.2) is 0 Å². The fourth-order valence-corrected chi connectivity index (χ4v) is 5.70. The van der Waals surface area contributed by atoms with Crippen LogP contribution < -0.4 is 0 Å². The summed E-state index contributed by atoms with van der Waals surface area (Å²) in [6.45, 7) is 15.5. The van der Waals surface area contributed by atoms with E-state index in [1.807, 2.05) is 13.8 Å². The lowest BCUT2D eigenvalue weighted by molar-refractivity contribution is -0.144. The van der Waals surface area contributed by atoms with Gasteiger partial charge in [-0.1, -0.05) is 176 Å². The molecule has 0 aromatic rings. The van der Waals surface area contributed by atoms with Crippen LogP contribution in [0.3, 0.4) is 0 Å². The van der Waals surface area contributed by atoms with Gasteiger partial charge in [-0.3, -0.25) is 15.0 Å². The first-order valence-corrected chi connectivity index (χ1v) is 20.5. The van der Waals surface area contributed by atoms with E-state index in [2.05, 4.69) is 25.3 Å². The molecule has 0 saturated heterocycles. The smallest absolute Gasteiger partial charge is 0.307 e. The molecular formula is C41H81N3O4. The molecule has 0 aromatic carbocycles. The zero-order valence-electron chi connectivity index (χ0n) is 32.5. The van der Waals surface area contributed by atoms with E-state index < -0.39 is 0 Å². The summed E-state index contributed by atoms with van der Waals surface area (Å²) >= 11 is 0. The lowest BCUT2D eigenvalue weighted by Gasteiger charge is -2.24. The second kappa shape index (κ2) is 41.3. The van der Waals surface area contributed by atoms with E-state index in [9.17, 15) is 9.59 Å². The number of carbonyl (C=O) groups is 2. The summed E-state index contributed by atoms with van der Waals surface area (Å²) < 4.78 is 11.0. The van der Waals surface area contributed by atoms with Crippen LogP contribution in [0.25, 0.3) is 0 Å². The van der Waals surface area contributed by atoms with Gasteiger partial charge in [-0.15, -0.1) is 0 Å². The second-order valence-corrected chi connectivity index (χ2v) is 13.1. The zero-order chi connectivity index (χ0) is 35.8. The quantitative estimate of drug-likeness (QED) is 0.0304. The molecular weight excluding hydrogens is 598 g/mol. The molecule has 0 rings (SSSR count). The predicted octanol–water partition coefficient (Wildman–Crippen LogP) is 11.6. The van der Waals surface area contributed by atoms with Gasteiger partial charge in [-0.2, -0.15) is 0 Å². The van der Waals surface area contributed by atoms with Gasteiger partial charge >= 0.3 is 11.9 Å². The van der Waals surface area contributed by atoms with Crippen molar-refractivity contribution < 1.29 is 19.1 Å². The molecule has 0 aliphatic carbocycles. The Labute approximate surface area is 298 Å². The maximum atomic E-state index is 12.4. The third kappa shape index (κ3) is 36.9. The molecule has 0 unspecified atom stereocenters. The van der Waals surface area contributed by atoms with Gasteiger partial charge in [0.05, 0.1) is 32.4 Å². The first-order chi connectivity index (χ1) is 23.6. The number of esters is 2. The minimum absolute atomic E-state index is 0.185. The van der Waals surface area contributed by atoms with Crippen molar-refractivity contribution >= 4 is 18.3 Å². The lowest BCUT2D eigenvalue weighted by atomic mass is 10.1. The lowest BCUT2D eigenvalue weighted by Crippen LogP contribution is -2.35. The molecule has 0 bridgehead atoms. The van der Waals surface area contributed by atoms with E-state index in [4.69, 9.17) is 14.9 Å². The van der Waals surface area contributed by atoms with Crippen molar-refractivity contribution in [3.8, 4) is 0 Å². The number of nitrogens with one attached hydrogen (secondary N) is 1. The topological polar surface area (TPSA) is 82.9 Å². The SMILES string of the molecule is C=CN(C=N)CCN(CCC(=O)OCCCCCCCCCCCCCC)CCC(=O)OCCCCCCCCCCCCCC.CC. The van der Waals surface area contributed by atoms with Crippen LogP contribution in [0.1, 0.15) is 195 Å². The average molecular weight is 680 g/mol. The van der Waals surface area contributed by atoms with Gasteiger partial charge in [0.15, 0.2) is 0 Å². The minimum atomic E-state index is -0.185. The Morgan fingerprint density at radius 1 is 0.521 bits per heavy atom. The molecule has 0 atom stereocenters. The Hall–Kier alpha value is -1.89. The summed E-state index contributed by atoms with van der Waals surface area (Å²) in [7, 11) is 0. The van der Waals surface area contributed by atoms with Crippen LogP contribution in [0.5, 0.6) is 0 Å². The normalized spacial score (nSPS) is 10.8. The minimum Gasteiger partial charge on any atom is -0.466 e. The highest BCUT2D eigenvalue weighted by Gasteiger charge is 2.13. The summed E-state index contributed by atoms with van der Waals surface area (Å²) in [5.74, 6) is -0.370. The van der Waals surface area contributed by atoms with Crippen molar-refractivity contribution in [3.05, 3.63) is 12.8 Å². The Kier molecular flexibility index (Phi) is 41.5.